The fourth-order valence-electron chi connectivity index (χ4n) is 7.07. The van der Waals surface area contributed by atoms with E-state index in [9.17, 15) is 32.7 Å². The molecule has 0 saturated carbocycles. The van der Waals surface area contributed by atoms with Gasteiger partial charge in [0.1, 0.15) is 12.2 Å². The van der Waals surface area contributed by atoms with Crippen molar-refractivity contribution < 1.29 is 32.6 Å². The number of piperazine rings is 2. The Balaban J connectivity index is 1.17. The van der Waals surface area contributed by atoms with Crippen molar-refractivity contribution in [2.24, 2.45) is 0 Å². The number of nitrogens with one attached hydrogen (secondary N) is 1. The number of hydrogen-bond donors (Lipinski definition) is 2. The third kappa shape index (κ3) is 7.71. The Labute approximate surface area is 313 Å². The highest BCUT2D eigenvalue weighted by Gasteiger charge is 2.33. The Bertz CT molecular complexity index is 2200. The summed E-state index contributed by atoms with van der Waals surface area (Å²) >= 11 is 0. The minimum atomic E-state index is -4.53. The maximum absolute atomic E-state index is 14.3. The Hall–Kier alpha value is -5.56. The molecule has 0 unspecified atom stereocenters. The van der Waals surface area contributed by atoms with E-state index in [0.717, 1.165) is 30.8 Å². The second kappa shape index (κ2) is 15.3. The number of halogens is 3. The molecule has 0 bridgehead atoms. The van der Waals surface area contributed by atoms with Gasteiger partial charge >= 0.3 is 6.18 Å². The Morgan fingerprint density at radius 2 is 1.75 bits per heavy atom. The number of aromatic nitrogens is 6. The molecule has 2 fully saturated rings. The summed E-state index contributed by atoms with van der Waals surface area (Å²) < 4.78 is 48.1. The van der Waals surface area contributed by atoms with Crippen LogP contribution in [0, 0.1) is 6.92 Å². The van der Waals surface area contributed by atoms with Gasteiger partial charge in [-0.1, -0.05) is 13.0 Å². The van der Waals surface area contributed by atoms with Crippen LogP contribution in [0.3, 0.4) is 0 Å². The molecule has 2 amide bonds. The molecule has 6 heterocycles. The molecule has 3 aliphatic heterocycles. The van der Waals surface area contributed by atoms with Crippen molar-refractivity contribution in [2.75, 3.05) is 87.7 Å². The van der Waals surface area contributed by atoms with Crippen LogP contribution in [0.2, 0.25) is 0 Å². The molecule has 3 aliphatic rings. The van der Waals surface area contributed by atoms with Crippen LogP contribution in [0.15, 0.2) is 35.3 Å². The summed E-state index contributed by atoms with van der Waals surface area (Å²) in [4.78, 5) is 62.6. The number of fused-ring (bicyclic) bond motifs is 1. The summed E-state index contributed by atoms with van der Waals surface area (Å²) in [6.07, 6.45) is -0.602. The molecule has 19 heteroatoms. The van der Waals surface area contributed by atoms with Crippen molar-refractivity contribution in [1.82, 2.24) is 38.9 Å². The second-order valence-corrected chi connectivity index (χ2v) is 13.8. The molecule has 2 saturated heterocycles. The number of hydrogen-bond acceptors (Lipinski definition) is 12. The van der Waals surface area contributed by atoms with E-state index in [1.807, 2.05) is 29.8 Å². The lowest BCUT2D eigenvalue weighted by Gasteiger charge is -2.37. The topological polar surface area (TPSA) is 167 Å². The standard InChI is InChI=1S/C36H42F3N11O5/c1-4-26-30(46-13-15-47(16-14-46)32(53)29-27(51)20-40-34(42-29)48-11-9-45(3)10-12-48)33(54)50-35(43-31(44-50)23-7-17-55-18-8-23)49(26)21-28(52)41-25-6-5-24(19-22(25)2)36(37,38)39/h5-7,19-20,51H,4,8-18,21H2,1-3H3,(H,41,52). The van der Waals surface area contributed by atoms with Crippen LogP contribution in [-0.4, -0.2) is 128 Å². The lowest BCUT2D eigenvalue weighted by Crippen LogP contribution is -2.51. The summed E-state index contributed by atoms with van der Waals surface area (Å²) in [5, 5.41) is 17.9. The number of rotatable bonds is 8. The van der Waals surface area contributed by atoms with Crippen LogP contribution in [0.25, 0.3) is 11.4 Å². The third-order valence-electron chi connectivity index (χ3n) is 10.2. The molecule has 292 valence electrons. The number of anilines is 3. The molecular formula is C36H42F3N11O5. The van der Waals surface area contributed by atoms with Crippen molar-refractivity contribution in [1.29, 1.82) is 0 Å². The first kappa shape index (κ1) is 37.7. The number of aryl methyl sites for hydroxylation is 1. The maximum atomic E-state index is 14.3. The molecular weight excluding hydrogens is 723 g/mol. The van der Waals surface area contributed by atoms with Crippen molar-refractivity contribution in [3.63, 3.8) is 0 Å². The monoisotopic (exact) mass is 765 g/mol. The molecule has 3 aromatic heterocycles. The number of carbonyl (C=O) groups is 2. The number of ether oxygens (including phenoxy) is 1. The quantitative estimate of drug-likeness (QED) is 0.270. The van der Waals surface area contributed by atoms with Gasteiger partial charge in [0.15, 0.2) is 17.3 Å². The molecule has 16 nitrogen and oxygen atoms in total. The molecule has 1 aromatic carbocycles. The van der Waals surface area contributed by atoms with Crippen molar-refractivity contribution >= 4 is 40.5 Å². The third-order valence-corrected chi connectivity index (χ3v) is 10.2. The van der Waals surface area contributed by atoms with E-state index >= 15 is 0 Å². The predicted molar refractivity (Wildman–Crippen MR) is 196 cm³/mol. The summed E-state index contributed by atoms with van der Waals surface area (Å²) in [7, 11) is 2.03. The van der Waals surface area contributed by atoms with E-state index in [4.69, 9.17) is 9.72 Å². The van der Waals surface area contributed by atoms with E-state index < -0.39 is 29.1 Å². The smallest absolute Gasteiger partial charge is 0.416 e. The molecule has 0 spiro atoms. The molecule has 7 rings (SSSR count). The number of amides is 2. The molecule has 0 aliphatic carbocycles. The van der Waals surface area contributed by atoms with Crippen LogP contribution < -0.4 is 20.7 Å². The SMILES string of the molecule is CCc1c(N2CCN(C(=O)c3nc(N4CCN(C)CC4)ncc3O)CC2)c(=O)n2nc(C3=CCOCC3)nc2n1CC(=O)Nc1ccc(C(F)(F)F)cc1C. The highest BCUT2D eigenvalue weighted by molar-refractivity contribution is 5.95. The number of carbonyl (C=O) groups excluding carboxylic acids is 2. The summed E-state index contributed by atoms with van der Waals surface area (Å²) in [6, 6.07) is 3.09. The number of likely N-dealkylation sites (N-methyl/N-ethyl adjacent to an activating group) is 1. The van der Waals surface area contributed by atoms with Gasteiger partial charge in [-0.25, -0.2) is 9.97 Å². The lowest BCUT2D eigenvalue weighted by atomic mass is 10.1. The number of benzene rings is 1. The highest BCUT2D eigenvalue weighted by Crippen LogP contribution is 2.32. The van der Waals surface area contributed by atoms with Gasteiger partial charge in [0.2, 0.25) is 17.6 Å². The van der Waals surface area contributed by atoms with E-state index in [1.54, 1.807) is 9.47 Å². The van der Waals surface area contributed by atoms with Gasteiger partial charge in [0.05, 0.1) is 30.7 Å². The first-order valence-corrected chi connectivity index (χ1v) is 18.1. The van der Waals surface area contributed by atoms with E-state index in [1.165, 1.54) is 23.7 Å². The number of aromatic hydroxyl groups is 1. The van der Waals surface area contributed by atoms with Gasteiger partial charge in [-0.05, 0) is 56.1 Å². The minimum Gasteiger partial charge on any atom is -0.504 e. The number of nitrogens with zero attached hydrogens (tertiary/aromatic N) is 10. The van der Waals surface area contributed by atoms with Crippen LogP contribution in [0.5, 0.6) is 5.75 Å². The van der Waals surface area contributed by atoms with E-state index in [-0.39, 0.29) is 61.2 Å². The average Bonchev–Trinajstić information content (AvgIpc) is 3.63. The Morgan fingerprint density at radius 3 is 2.40 bits per heavy atom. The van der Waals surface area contributed by atoms with Gasteiger partial charge in [-0.15, -0.1) is 5.10 Å². The predicted octanol–water partition coefficient (Wildman–Crippen LogP) is 2.43. The summed E-state index contributed by atoms with van der Waals surface area (Å²) in [5.74, 6) is -0.493. The summed E-state index contributed by atoms with van der Waals surface area (Å²) in [5.41, 5.74) is 0.671. The molecule has 0 radical (unpaired) electrons. The van der Waals surface area contributed by atoms with Crippen LogP contribution in [0.1, 0.15) is 46.5 Å². The minimum absolute atomic E-state index is 0.0951. The van der Waals surface area contributed by atoms with Gasteiger partial charge in [-0.2, -0.15) is 22.7 Å². The largest absolute Gasteiger partial charge is 0.504 e. The van der Waals surface area contributed by atoms with Crippen LogP contribution >= 0.6 is 0 Å². The van der Waals surface area contributed by atoms with Crippen molar-refractivity contribution in [3.8, 4) is 5.75 Å². The number of alkyl halides is 3. The first-order valence-electron chi connectivity index (χ1n) is 18.1. The van der Waals surface area contributed by atoms with Gasteiger partial charge in [0, 0.05) is 58.0 Å². The van der Waals surface area contributed by atoms with Gasteiger partial charge in [-0.3, -0.25) is 14.4 Å². The van der Waals surface area contributed by atoms with Crippen LogP contribution in [-0.2, 0) is 28.7 Å². The molecule has 2 N–H and O–H groups in total. The van der Waals surface area contributed by atoms with Crippen molar-refractivity contribution in [3.05, 3.63) is 69.2 Å². The lowest BCUT2D eigenvalue weighted by molar-refractivity contribution is -0.137. The average molecular weight is 766 g/mol. The van der Waals surface area contributed by atoms with Gasteiger partial charge in [0.25, 0.3) is 11.5 Å². The molecule has 55 heavy (non-hydrogen) atoms. The Kier molecular flexibility index (Phi) is 10.5. The normalized spacial score (nSPS) is 17.1. The zero-order valence-corrected chi connectivity index (χ0v) is 30.8. The van der Waals surface area contributed by atoms with Crippen LogP contribution in [0.4, 0.5) is 30.5 Å². The van der Waals surface area contributed by atoms with Gasteiger partial charge < -0.3 is 39.3 Å². The fraction of sp³-hybridized carbons (Fsp3) is 0.472. The maximum Gasteiger partial charge on any atom is 0.416 e. The van der Waals surface area contributed by atoms with E-state index in [2.05, 4.69) is 25.3 Å². The molecule has 0 atom stereocenters. The summed E-state index contributed by atoms with van der Waals surface area (Å²) in [6.45, 7) is 7.73. The Morgan fingerprint density at radius 1 is 1.02 bits per heavy atom. The highest BCUT2D eigenvalue weighted by atomic mass is 19.4. The zero-order chi connectivity index (χ0) is 39.0. The fourth-order valence-corrected chi connectivity index (χ4v) is 7.07. The second-order valence-electron chi connectivity index (χ2n) is 13.8. The zero-order valence-electron chi connectivity index (χ0n) is 30.8. The molecule has 4 aromatic rings. The first-order chi connectivity index (χ1) is 26.3. The van der Waals surface area contributed by atoms with E-state index in [0.29, 0.717) is 62.3 Å². The van der Waals surface area contributed by atoms with Crippen molar-refractivity contribution in [2.45, 2.75) is 39.4 Å².